The molecule has 1 saturated heterocycles. The van der Waals surface area contributed by atoms with Crippen LogP contribution >= 0.6 is 0 Å². The van der Waals surface area contributed by atoms with Crippen molar-refractivity contribution < 1.29 is 4.79 Å². The summed E-state index contributed by atoms with van der Waals surface area (Å²) in [4.78, 5) is 14.2. The summed E-state index contributed by atoms with van der Waals surface area (Å²) >= 11 is 0. The van der Waals surface area contributed by atoms with Crippen molar-refractivity contribution in [2.75, 3.05) is 20.1 Å². The molecule has 1 aromatic carbocycles. The van der Waals surface area contributed by atoms with Gasteiger partial charge in [-0.05, 0) is 37.9 Å². The Labute approximate surface area is 109 Å². The molecule has 1 aliphatic heterocycles. The van der Waals surface area contributed by atoms with E-state index in [1.54, 1.807) is 0 Å². The minimum atomic E-state index is 0.230. The van der Waals surface area contributed by atoms with E-state index in [0.29, 0.717) is 12.5 Å². The second-order valence-corrected chi connectivity index (χ2v) is 5.00. The van der Waals surface area contributed by atoms with Crippen LogP contribution in [0.2, 0.25) is 0 Å². The summed E-state index contributed by atoms with van der Waals surface area (Å²) in [5.41, 5.74) is 1.10. The highest BCUT2D eigenvalue weighted by molar-refractivity contribution is 5.78. The van der Waals surface area contributed by atoms with Crippen molar-refractivity contribution in [2.45, 2.75) is 31.7 Å². The number of amides is 1. The zero-order chi connectivity index (χ0) is 12.8. The molecular weight excluding hydrogens is 224 g/mol. The van der Waals surface area contributed by atoms with E-state index in [0.717, 1.165) is 37.9 Å². The molecule has 0 radical (unpaired) electrons. The molecule has 3 heteroatoms. The minimum Gasteiger partial charge on any atom is -0.342 e. The predicted octanol–water partition coefficient (Wildman–Crippen LogP) is 1.83. The Kier molecular flexibility index (Phi) is 4.76. The molecule has 1 atom stereocenters. The van der Waals surface area contributed by atoms with Crippen molar-refractivity contribution in [2.24, 2.45) is 0 Å². The largest absolute Gasteiger partial charge is 0.342 e. The number of likely N-dealkylation sites (N-methyl/N-ethyl adjacent to an activating group) is 1. The van der Waals surface area contributed by atoms with Crippen LogP contribution in [0.15, 0.2) is 30.3 Å². The summed E-state index contributed by atoms with van der Waals surface area (Å²) in [6, 6.07) is 10.4. The maximum Gasteiger partial charge on any atom is 0.226 e. The first-order valence-corrected chi connectivity index (χ1v) is 6.77. The Balaban J connectivity index is 1.91. The lowest BCUT2D eigenvalue weighted by Crippen LogP contribution is -2.38. The molecule has 18 heavy (non-hydrogen) atoms. The normalized spacial score (nSPS) is 20.2. The lowest BCUT2D eigenvalue weighted by molar-refractivity contribution is -0.131. The second-order valence-electron chi connectivity index (χ2n) is 5.00. The van der Waals surface area contributed by atoms with Crippen LogP contribution in [0.1, 0.15) is 24.8 Å². The molecule has 1 aliphatic rings. The first-order chi connectivity index (χ1) is 8.77. The Hall–Kier alpha value is -1.35. The third-order valence-electron chi connectivity index (χ3n) is 3.68. The van der Waals surface area contributed by atoms with Crippen LogP contribution in [0.5, 0.6) is 0 Å². The number of carbonyl (C=O) groups is 1. The van der Waals surface area contributed by atoms with Gasteiger partial charge in [-0.3, -0.25) is 4.79 Å². The van der Waals surface area contributed by atoms with Crippen molar-refractivity contribution in [3.05, 3.63) is 35.9 Å². The van der Waals surface area contributed by atoms with E-state index in [2.05, 4.69) is 5.32 Å². The maximum absolute atomic E-state index is 12.2. The van der Waals surface area contributed by atoms with E-state index in [1.807, 2.05) is 42.3 Å². The van der Waals surface area contributed by atoms with Crippen LogP contribution in [-0.4, -0.2) is 37.0 Å². The Morgan fingerprint density at radius 1 is 1.28 bits per heavy atom. The van der Waals surface area contributed by atoms with Gasteiger partial charge in [0.05, 0.1) is 6.42 Å². The molecule has 1 N–H and O–H groups in total. The van der Waals surface area contributed by atoms with Crippen LogP contribution in [0, 0.1) is 0 Å². The summed E-state index contributed by atoms with van der Waals surface area (Å²) in [5.74, 6) is 0.230. The summed E-state index contributed by atoms with van der Waals surface area (Å²) < 4.78 is 0. The SMILES string of the molecule is CN(C(=O)Cc1ccccc1)C1CCCNCC1. The molecule has 2 rings (SSSR count). The quantitative estimate of drug-likeness (QED) is 0.882. The van der Waals surface area contributed by atoms with Gasteiger partial charge in [-0.25, -0.2) is 0 Å². The van der Waals surface area contributed by atoms with Gasteiger partial charge in [-0.15, -0.1) is 0 Å². The number of benzene rings is 1. The monoisotopic (exact) mass is 246 g/mol. The molecular formula is C15H22N2O. The van der Waals surface area contributed by atoms with E-state index in [-0.39, 0.29) is 5.91 Å². The highest BCUT2D eigenvalue weighted by atomic mass is 16.2. The Morgan fingerprint density at radius 3 is 2.83 bits per heavy atom. The van der Waals surface area contributed by atoms with E-state index < -0.39 is 0 Å². The van der Waals surface area contributed by atoms with Crippen LogP contribution in [0.25, 0.3) is 0 Å². The predicted molar refractivity (Wildman–Crippen MR) is 73.4 cm³/mol. The van der Waals surface area contributed by atoms with E-state index in [9.17, 15) is 4.79 Å². The van der Waals surface area contributed by atoms with Crippen molar-refractivity contribution in [3.63, 3.8) is 0 Å². The third kappa shape index (κ3) is 3.57. The average Bonchev–Trinajstić information content (AvgIpc) is 2.68. The topological polar surface area (TPSA) is 32.3 Å². The van der Waals surface area contributed by atoms with Gasteiger partial charge in [0, 0.05) is 13.1 Å². The number of nitrogens with zero attached hydrogens (tertiary/aromatic N) is 1. The molecule has 1 unspecified atom stereocenters. The minimum absolute atomic E-state index is 0.230. The molecule has 0 aromatic heterocycles. The van der Waals surface area contributed by atoms with Gasteiger partial charge in [0.15, 0.2) is 0 Å². The van der Waals surface area contributed by atoms with Crippen molar-refractivity contribution in [3.8, 4) is 0 Å². The van der Waals surface area contributed by atoms with Gasteiger partial charge < -0.3 is 10.2 Å². The number of hydrogen-bond donors (Lipinski definition) is 1. The smallest absolute Gasteiger partial charge is 0.226 e. The number of carbonyl (C=O) groups excluding carboxylic acids is 1. The zero-order valence-corrected chi connectivity index (χ0v) is 11.1. The lowest BCUT2D eigenvalue weighted by atomic mass is 10.1. The van der Waals surface area contributed by atoms with Gasteiger partial charge in [-0.2, -0.15) is 0 Å². The average molecular weight is 246 g/mol. The van der Waals surface area contributed by atoms with Crippen molar-refractivity contribution in [1.82, 2.24) is 10.2 Å². The van der Waals surface area contributed by atoms with Gasteiger partial charge in [0.2, 0.25) is 5.91 Å². The highest BCUT2D eigenvalue weighted by Gasteiger charge is 2.20. The van der Waals surface area contributed by atoms with Gasteiger partial charge in [-0.1, -0.05) is 30.3 Å². The molecule has 0 saturated carbocycles. The molecule has 98 valence electrons. The molecule has 0 aliphatic carbocycles. The van der Waals surface area contributed by atoms with Crippen LogP contribution in [0.4, 0.5) is 0 Å². The van der Waals surface area contributed by atoms with E-state index in [4.69, 9.17) is 0 Å². The van der Waals surface area contributed by atoms with E-state index >= 15 is 0 Å². The molecule has 1 amide bonds. The van der Waals surface area contributed by atoms with Crippen molar-refractivity contribution >= 4 is 5.91 Å². The first kappa shape index (κ1) is 13.1. The molecule has 0 spiro atoms. The fraction of sp³-hybridized carbons (Fsp3) is 0.533. The molecule has 3 nitrogen and oxygen atoms in total. The number of rotatable bonds is 3. The van der Waals surface area contributed by atoms with Crippen molar-refractivity contribution in [1.29, 1.82) is 0 Å². The third-order valence-corrected chi connectivity index (χ3v) is 3.68. The summed E-state index contributed by atoms with van der Waals surface area (Å²) in [6.45, 7) is 2.10. The van der Waals surface area contributed by atoms with Gasteiger partial charge in [0.1, 0.15) is 0 Å². The summed E-state index contributed by atoms with van der Waals surface area (Å²) in [6.07, 6.45) is 3.86. The summed E-state index contributed by atoms with van der Waals surface area (Å²) in [7, 11) is 1.95. The second kappa shape index (κ2) is 6.55. The first-order valence-electron chi connectivity index (χ1n) is 6.77. The lowest BCUT2D eigenvalue weighted by Gasteiger charge is -2.27. The maximum atomic E-state index is 12.2. The van der Waals surface area contributed by atoms with Gasteiger partial charge >= 0.3 is 0 Å². The fourth-order valence-corrected chi connectivity index (χ4v) is 2.49. The molecule has 0 bridgehead atoms. The molecule has 1 fully saturated rings. The van der Waals surface area contributed by atoms with Crippen LogP contribution < -0.4 is 5.32 Å². The Morgan fingerprint density at radius 2 is 2.06 bits per heavy atom. The zero-order valence-electron chi connectivity index (χ0n) is 11.1. The fourth-order valence-electron chi connectivity index (χ4n) is 2.49. The van der Waals surface area contributed by atoms with Crippen LogP contribution in [-0.2, 0) is 11.2 Å². The van der Waals surface area contributed by atoms with E-state index in [1.165, 1.54) is 0 Å². The number of hydrogen-bond acceptors (Lipinski definition) is 2. The highest BCUT2D eigenvalue weighted by Crippen LogP contribution is 2.13. The number of nitrogens with one attached hydrogen (secondary N) is 1. The summed E-state index contributed by atoms with van der Waals surface area (Å²) in [5, 5.41) is 3.38. The molecule has 1 aromatic rings. The Bertz CT molecular complexity index is 369. The van der Waals surface area contributed by atoms with Gasteiger partial charge in [0.25, 0.3) is 0 Å². The van der Waals surface area contributed by atoms with Crippen LogP contribution in [0.3, 0.4) is 0 Å². The molecule has 1 heterocycles. The standard InChI is InChI=1S/C15H22N2O/c1-17(14-8-5-10-16-11-9-14)15(18)12-13-6-3-2-4-7-13/h2-4,6-7,14,16H,5,8-12H2,1H3.